The summed E-state index contributed by atoms with van der Waals surface area (Å²) in [5, 5.41) is 18.4. The first-order valence-corrected chi connectivity index (χ1v) is 8.52. The van der Waals surface area contributed by atoms with Gasteiger partial charge >= 0.3 is 5.97 Å². The fourth-order valence-electron chi connectivity index (χ4n) is 1.84. The van der Waals surface area contributed by atoms with Crippen LogP contribution >= 0.6 is 15.9 Å². The Morgan fingerprint density at radius 1 is 1.18 bits per heavy atom. The van der Waals surface area contributed by atoms with Crippen LogP contribution in [0.2, 0.25) is 0 Å². The summed E-state index contributed by atoms with van der Waals surface area (Å²) < 4.78 is 27.2. The molecule has 0 radical (unpaired) electrons. The van der Waals surface area contributed by atoms with Gasteiger partial charge in [-0.25, -0.2) is 13.2 Å². The lowest BCUT2D eigenvalue weighted by Crippen LogP contribution is -2.15. The number of sulfonamides is 1. The van der Waals surface area contributed by atoms with Crippen LogP contribution in [0.25, 0.3) is 0 Å². The number of halogens is 1. The Morgan fingerprint density at radius 2 is 1.91 bits per heavy atom. The van der Waals surface area contributed by atoms with E-state index in [1.807, 2.05) is 0 Å². The van der Waals surface area contributed by atoms with Crippen LogP contribution in [0.3, 0.4) is 0 Å². The number of anilines is 1. The summed E-state index contributed by atoms with van der Waals surface area (Å²) >= 11 is 3.26. The number of rotatable bonds is 5. The van der Waals surface area contributed by atoms with Crippen molar-refractivity contribution in [3.8, 4) is 5.75 Å². The Morgan fingerprint density at radius 3 is 2.50 bits per heavy atom. The number of phenols is 1. The molecule has 0 aliphatic heterocycles. The lowest BCUT2D eigenvalue weighted by Gasteiger charge is -2.09. The molecule has 0 atom stereocenters. The fourth-order valence-corrected chi connectivity index (χ4v) is 3.46. The van der Waals surface area contributed by atoms with Crippen LogP contribution in [0.5, 0.6) is 5.75 Å². The van der Waals surface area contributed by atoms with Crippen LogP contribution in [0, 0.1) is 0 Å². The molecule has 0 amide bonds. The summed E-state index contributed by atoms with van der Waals surface area (Å²) in [5.74, 6) is -2.04. The van der Waals surface area contributed by atoms with Crippen molar-refractivity contribution in [3.05, 3.63) is 58.1 Å². The van der Waals surface area contributed by atoms with Gasteiger partial charge in [-0.05, 0) is 29.8 Å². The second kappa shape index (κ2) is 6.37. The van der Waals surface area contributed by atoms with Gasteiger partial charge in [0.05, 0.1) is 11.4 Å². The van der Waals surface area contributed by atoms with Crippen molar-refractivity contribution < 1.29 is 23.4 Å². The smallest absolute Gasteiger partial charge is 0.339 e. The summed E-state index contributed by atoms with van der Waals surface area (Å²) in [5.41, 5.74) is 0.390. The van der Waals surface area contributed by atoms with E-state index in [-0.39, 0.29) is 17.0 Å². The van der Waals surface area contributed by atoms with E-state index in [9.17, 15) is 18.3 Å². The molecule has 6 nitrogen and oxygen atoms in total. The van der Waals surface area contributed by atoms with Gasteiger partial charge in [-0.15, -0.1) is 0 Å². The molecule has 0 bridgehead atoms. The number of nitrogens with one attached hydrogen (secondary N) is 1. The van der Waals surface area contributed by atoms with Gasteiger partial charge in [-0.3, -0.25) is 4.72 Å². The Labute approximate surface area is 135 Å². The number of carboxylic acid groups (broad SMARTS) is 1. The topological polar surface area (TPSA) is 104 Å². The zero-order valence-electron chi connectivity index (χ0n) is 11.2. The lowest BCUT2D eigenvalue weighted by atomic mass is 10.2. The van der Waals surface area contributed by atoms with Gasteiger partial charge in [0.2, 0.25) is 10.0 Å². The molecule has 22 heavy (non-hydrogen) atoms. The number of aromatic hydroxyl groups is 1. The predicted octanol–water partition coefficient (Wildman–Crippen LogP) is 2.79. The van der Waals surface area contributed by atoms with Gasteiger partial charge < -0.3 is 10.2 Å². The maximum Gasteiger partial charge on any atom is 0.339 e. The molecular weight excluding hydrogens is 374 g/mol. The summed E-state index contributed by atoms with van der Waals surface area (Å²) in [6, 6.07) is 10.3. The molecule has 8 heteroatoms. The van der Waals surface area contributed by atoms with Gasteiger partial charge in [-0.2, -0.15) is 0 Å². The molecular formula is C14H12BrNO5S. The number of benzene rings is 2. The molecule has 0 heterocycles. The number of aromatic carboxylic acids is 1. The second-order valence-corrected chi connectivity index (χ2v) is 7.17. The van der Waals surface area contributed by atoms with E-state index in [1.165, 1.54) is 6.07 Å². The first-order chi connectivity index (χ1) is 10.3. The monoisotopic (exact) mass is 385 g/mol. The molecule has 0 fully saturated rings. The quantitative estimate of drug-likeness (QED) is 0.733. The Balaban J connectivity index is 2.18. The third kappa shape index (κ3) is 4.22. The highest BCUT2D eigenvalue weighted by Crippen LogP contribution is 2.23. The Bertz CT molecular complexity index is 820. The first-order valence-electron chi connectivity index (χ1n) is 6.08. The van der Waals surface area contributed by atoms with E-state index in [1.54, 1.807) is 24.3 Å². The predicted molar refractivity (Wildman–Crippen MR) is 85.5 cm³/mol. The molecule has 2 rings (SSSR count). The van der Waals surface area contributed by atoms with Crippen molar-refractivity contribution in [3.63, 3.8) is 0 Å². The molecule has 3 N–H and O–H groups in total. The van der Waals surface area contributed by atoms with Crippen molar-refractivity contribution in [2.45, 2.75) is 5.75 Å². The highest BCUT2D eigenvalue weighted by atomic mass is 79.9. The van der Waals surface area contributed by atoms with E-state index in [2.05, 4.69) is 20.7 Å². The van der Waals surface area contributed by atoms with Crippen molar-refractivity contribution in [1.82, 2.24) is 0 Å². The average molecular weight is 386 g/mol. The van der Waals surface area contributed by atoms with Crippen molar-refractivity contribution >= 4 is 37.6 Å². The van der Waals surface area contributed by atoms with Crippen LogP contribution in [-0.2, 0) is 15.8 Å². The minimum Gasteiger partial charge on any atom is -0.507 e. The van der Waals surface area contributed by atoms with Gasteiger partial charge in [0.1, 0.15) is 11.3 Å². The van der Waals surface area contributed by atoms with Crippen molar-refractivity contribution in [2.75, 3.05) is 4.72 Å². The number of carbonyl (C=O) groups is 1. The van der Waals surface area contributed by atoms with Gasteiger partial charge in [0.25, 0.3) is 0 Å². The van der Waals surface area contributed by atoms with Gasteiger partial charge in [-0.1, -0.05) is 28.1 Å². The summed E-state index contributed by atoms with van der Waals surface area (Å²) in [7, 11) is -3.68. The molecule has 0 saturated carbocycles. The molecule has 0 aromatic heterocycles. The lowest BCUT2D eigenvalue weighted by molar-refractivity contribution is 0.0694. The minimum atomic E-state index is -3.68. The van der Waals surface area contributed by atoms with E-state index in [0.717, 1.165) is 16.6 Å². The molecule has 0 aliphatic rings. The highest BCUT2D eigenvalue weighted by Gasteiger charge is 2.15. The Kier molecular flexibility index (Phi) is 4.72. The normalized spacial score (nSPS) is 11.1. The highest BCUT2D eigenvalue weighted by molar-refractivity contribution is 9.10. The molecule has 0 spiro atoms. The average Bonchev–Trinajstić information content (AvgIpc) is 2.36. The SMILES string of the molecule is O=C(O)c1ccc(NS(=O)(=O)Cc2cccc(Br)c2)cc1O. The molecule has 0 aliphatic carbocycles. The summed E-state index contributed by atoms with van der Waals surface area (Å²) in [6.07, 6.45) is 0. The minimum absolute atomic E-state index is 0.0949. The zero-order chi connectivity index (χ0) is 16.3. The van der Waals surface area contributed by atoms with Crippen LogP contribution < -0.4 is 4.72 Å². The Hall–Kier alpha value is -2.06. The van der Waals surface area contributed by atoms with Crippen molar-refractivity contribution in [1.29, 1.82) is 0 Å². The van der Waals surface area contributed by atoms with E-state index < -0.39 is 21.7 Å². The van der Waals surface area contributed by atoms with E-state index >= 15 is 0 Å². The fraction of sp³-hybridized carbons (Fsp3) is 0.0714. The molecule has 116 valence electrons. The third-order valence-electron chi connectivity index (χ3n) is 2.75. The summed E-state index contributed by atoms with van der Waals surface area (Å²) in [6.45, 7) is 0. The second-order valence-electron chi connectivity index (χ2n) is 4.53. The zero-order valence-corrected chi connectivity index (χ0v) is 13.6. The maximum atomic E-state index is 12.1. The summed E-state index contributed by atoms with van der Waals surface area (Å²) in [4.78, 5) is 10.8. The van der Waals surface area contributed by atoms with Crippen LogP contribution in [0.15, 0.2) is 46.9 Å². The van der Waals surface area contributed by atoms with Gasteiger partial charge in [0.15, 0.2) is 0 Å². The first kappa shape index (κ1) is 16.3. The standard InChI is InChI=1S/C14H12BrNO5S/c15-10-3-1-2-9(6-10)8-22(20,21)16-11-4-5-12(14(18)19)13(17)7-11/h1-7,16-17H,8H2,(H,18,19). The molecule has 2 aromatic rings. The maximum absolute atomic E-state index is 12.1. The molecule has 0 unspecified atom stereocenters. The van der Waals surface area contributed by atoms with Crippen molar-refractivity contribution in [2.24, 2.45) is 0 Å². The van der Waals surface area contributed by atoms with Crippen LogP contribution in [-0.4, -0.2) is 24.6 Å². The van der Waals surface area contributed by atoms with Gasteiger partial charge in [0, 0.05) is 10.5 Å². The largest absolute Gasteiger partial charge is 0.507 e. The molecule has 2 aromatic carbocycles. The number of hydrogen-bond donors (Lipinski definition) is 3. The van der Waals surface area contributed by atoms with Crippen LogP contribution in [0.1, 0.15) is 15.9 Å². The van der Waals surface area contributed by atoms with Crippen LogP contribution in [0.4, 0.5) is 5.69 Å². The molecule has 0 saturated heterocycles. The third-order valence-corrected chi connectivity index (χ3v) is 4.50. The number of carboxylic acids is 1. The number of hydrogen-bond acceptors (Lipinski definition) is 4. The van der Waals surface area contributed by atoms with E-state index in [0.29, 0.717) is 5.56 Å². The van der Waals surface area contributed by atoms with E-state index in [4.69, 9.17) is 5.11 Å².